The summed E-state index contributed by atoms with van der Waals surface area (Å²) in [6.45, 7) is 0. The molecule has 0 aliphatic heterocycles. The molecule has 0 heterocycles. The Morgan fingerprint density at radius 3 is 2.60 bits per heavy atom. The predicted octanol–water partition coefficient (Wildman–Crippen LogP) is 2.22. The first kappa shape index (κ1) is 9.93. The highest BCUT2D eigenvalue weighted by Crippen LogP contribution is 2.27. The second-order valence-corrected chi connectivity index (χ2v) is 3.30. The summed E-state index contributed by atoms with van der Waals surface area (Å²) in [5.41, 5.74) is 0. The summed E-state index contributed by atoms with van der Waals surface area (Å²) in [6.07, 6.45) is 4.36. The standard InChI is InChI=1S/C12H11FO2/c13-12(9-5-4-8-11(12)14)15-10-6-2-1-3-7-10/h1-9,11,14H. The molecule has 3 heteroatoms. The maximum absolute atomic E-state index is 14.0. The number of halogens is 1. The molecule has 1 aromatic rings. The lowest BCUT2D eigenvalue weighted by molar-refractivity contribution is -0.0929. The van der Waals surface area contributed by atoms with E-state index in [0.717, 1.165) is 0 Å². The van der Waals surface area contributed by atoms with E-state index in [1.807, 2.05) is 6.07 Å². The molecule has 1 aromatic carbocycles. The van der Waals surface area contributed by atoms with Crippen LogP contribution in [0.3, 0.4) is 0 Å². The van der Waals surface area contributed by atoms with Gasteiger partial charge in [-0.25, -0.2) is 0 Å². The summed E-state index contributed by atoms with van der Waals surface area (Å²) in [5, 5.41) is 9.45. The van der Waals surface area contributed by atoms with Crippen LogP contribution in [0.2, 0.25) is 0 Å². The number of para-hydroxylation sites is 1. The van der Waals surface area contributed by atoms with Crippen molar-refractivity contribution in [3.63, 3.8) is 0 Å². The number of alkyl halides is 1. The van der Waals surface area contributed by atoms with Gasteiger partial charge in [0.15, 0.2) is 0 Å². The number of aliphatic hydroxyl groups is 1. The Hall–Kier alpha value is -1.61. The zero-order valence-electron chi connectivity index (χ0n) is 8.01. The minimum atomic E-state index is -2.17. The molecule has 0 spiro atoms. The van der Waals surface area contributed by atoms with Gasteiger partial charge in [-0.2, -0.15) is 4.39 Å². The minimum Gasteiger partial charge on any atom is -0.451 e. The molecule has 2 atom stereocenters. The van der Waals surface area contributed by atoms with Crippen LogP contribution >= 0.6 is 0 Å². The van der Waals surface area contributed by atoms with Gasteiger partial charge in [-0.1, -0.05) is 30.4 Å². The molecular weight excluding hydrogens is 195 g/mol. The molecule has 0 fully saturated rings. The van der Waals surface area contributed by atoms with Crippen LogP contribution in [0.1, 0.15) is 0 Å². The van der Waals surface area contributed by atoms with Crippen molar-refractivity contribution in [2.24, 2.45) is 0 Å². The van der Waals surface area contributed by atoms with Crippen LogP contribution in [-0.4, -0.2) is 17.1 Å². The number of aliphatic hydroxyl groups excluding tert-OH is 1. The van der Waals surface area contributed by atoms with Gasteiger partial charge in [0.25, 0.3) is 5.85 Å². The molecule has 15 heavy (non-hydrogen) atoms. The van der Waals surface area contributed by atoms with Crippen molar-refractivity contribution in [3.8, 4) is 5.75 Å². The lowest BCUT2D eigenvalue weighted by Crippen LogP contribution is -2.41. The number of allylic oxidation sites excluding steroid dienone is 2. The fourth-order valence-electron chi connectivity index (χ4n) is 1.35. The molecule has 1 aliphatic rings. The molecular formula is C12H11FO2. The average Bonchev–Trinajstić information content (AvgIpc) is 2.24. The van der Waals surface area contributed by atoms with E-state index >= 15 is 0 Å². The summed E-state index contributed by atoms with van der Waals surface area (Å²) >= 11 is 0. The van der Waals surface area contributed by atoms with Crippen molar-refractivity contribution < 1.29 is 14.2 Å². The molecule has 2 unspecified atom stereocenters. The zero-order chi connectivity index (χ0) is 10.7. The zero-order valence-corrected chi connectivity index (χ0v) is 8.01. The summed E-state index contributed by atoms with van der Waals surface area (Å²) in [6, 6.07) is 8.58. The van der Waals surface area contributed by atoms with Crippen LogP contribution in [0.25, 0.3) is 0 Å². The first-order valence-corrected chi connectivity index (χ1v) is 4.68. The quantitative estimate of drug-likeness (QED) is 0.803. The molecule has 78 valence electrons. The summed E-state index contributed by atoms with van der Waals surface area (Å²) in [5.74, 6) is -1.78. The first-order chi connectivity index (χ1) is 7.21. The molecule has 1 aliphatic carbocycles. The van der Waals surface area contributed by atoms with Crippen molar-refractivity contribution >= 4 is 0 Å². The Labute approximate surface area is 87.3 Å². The van der Waals surface area contributed by atoms with E-state index in [1.54, 1.807) is 30.3 Å². The van der Waals surface area contributed by atoms with Crippen molar-refractivity contribution in [3.05, 3.63) is 54.6 Å². The van der Waals surface area contributed by atoms with Gasteiger partial charge in [0.2, 0.25) is 0 Å². The topological polar surface area (TPSA) is 29.5 Å². The van der Waals surface area contributed by atoms with Crippen molar-refractivity contribution in [2.75, 3.05) is 0 Å². The number of hydrogen-bond donors (Lipinski definition) is 1. The largest absolute Gasteiger partial charge is 0.451 e. The van der Waals surface area contributed by atoms with E-state index in [4.69, 9.17) is 4.74 Å². The van der Waals surface area contributed by atoms with Gasteiger partial charge < -0.3 is 9.84 Å². The number of hydrogen-bond acceptors (Lipinski definition) is 2. The predicted molar refractivity (Wildman–Crippen MR) is 55.2 cm³/mol. The number of benzene rings is 1. The normalized spacial score (nSPS) is 29.1. The smallest absolute Gasteiger partial charge is 0.296 e. The monoisotopic (exact) mass is 206 g/mol. The van der Waals surface area contributed by atoms with Gasteiger partial charge in [0.1, 0.15) is 11.9 Å². The first-order valence-electron chi connectivity index (χ1n) is 4.68. The van der Waals surface area contributed by atoms with E-state index < -0.39 is 12.0 Å². The molecule has 2 nitrogen and oxygen atoms in total. The molecule has 0 saturated heterocycles. The third-order valence-corrected chi connectivity index (χ3v) is 2.15. The molecule has 0 amide bonds. The fraction of sp³-hybridized carbons (Fsp3) is 0.167. The lowest BCUT2D eigenvalue weighted by Gasteiger charge is -2.28. The van der Waals surface area contributed by atoms with Crippen molar-refractivity contribution in [1.82, 2.24) is 0 Å². The molecule has 0 radical (unpaired) electrons. The van der Waals surface area contributed by atoms with Gasteiger partial charge in [0.05, 0.1) is 0 Å². The van der Waals surface area contributed by atoms with Gasteiger partial charge in [-0.3, -0.25) is 0 Å². The maximum Gasteiger partial charge on any atom is 0.296 e. The third kappa shape index (κ3) is 2.07. The van der Waals surface area contributed by atoms with Gasteiger partial charge in [-0.05, 0) is 24.3 Å². The van der Waals surface area contributed by atoms with Gasteiger partial charge in [0, 0.05) is 0 Å². The average molecular weight is 206 g/mol. The summed E-state index contributed by atoms with van der Waals surface area (Å²) in [4.78, 5) is 0. The van der Waals surface area contributed by atoms with E-state index in [0.29, 0.717) is 5.75 Å². The highest BCUT2D eigenvalue weighted by molar-refractivity contribution is 5.26. The minimum absolute atomic E-state index is 0.388. The highest BCUT2D eigenvalue weighted by atomic mass is 19.2. The Morgan fingerprint density at radius 1 is 1.20 bits per heavy atom. The molecule has 0 bridgehead atoms. The van der Waals surface area contributed by atoms with Crippen LogP contribution in [-0.2, 0) is 0 Å². The third-order valence-electron chi connectivity index (χ3n) is 2.15. The Morgan fingerprint density at radius 2 is 1.93 bits per heavy atom. The second kappa shape index (κ2) is 3.87. The van der Waals surface area contributed by atoms with E-state index in [1.165, 1.54) is 18.2 Å². The number of rotatable bonds is 2. The maximum atomic E-state index is 14.0. The molecule has 0 aromatic heterocycles. The van der Waals surface area contributed by atoms with Crippen molar-refractivity contribution in [2.45, 2.75) is 12.0 Å². The summed E-state index contributed by atoms with van der Waals surface area (Å²) in [7, 11) is 0. The Kier molecular flexibility index (Phi) is 2.56. The van der Waals surface area contributed by atoms with Crippen LogP contribution in [0.15, 0.2) is 54.6 Å². The number of ether oxygens (including phenoxy) is 1. The van der Waals surface area contributed by atoms with Gasteiger partial charge >= 0.3 is 0 Å². The van der Waals surface area contributed by atoms with Crippen molar-refractivity contribution in [1.29, 1.82) is 0 Å². The molecule has 1 N–H and O–H groups in total. The Bertz CT molecular complexity index is 386. The van der Waals surface area contributed by atoms with Gasteiger partial charge in [-0.15, -0.1) is 0 Å². The van der Waals surface area contributed by atoms with E-state index in [2.05, 4.69) is 0 Å². The lowest BCUT2D eigenvalue weighted by atomic mass is 10.1. The summed E-state index contributed by atoms with van der Waals surface area (Å²) < 4.78 is 19.1. The van der Waals surface area contributed by atoms with E-state index in [9.17, 15) is 9.50 Å². The SMILES string of the molecule is OC1C=CC=CC1(F)Oc1ccccc1. The van der Waals surface area contributed by atoms with Crippen LogP contribution in [0.4, 0.5) is 4.39 Å². The van der Waals surface area contributed by atoms with E-state index in [-0.39, 0.29) is 0 Å². The molecule has 2 rings (SSSR count). The fourth-order valence-corrected chi connectivity index (χ4v) is 1.35. The van der Waals surface area contributed by atoms with Crippen LogP contribution < -0.4 is 4.74 Å². The van der Waals surface area contributed by atoms with Crippen LogP contribution in [0, 0.1) is 0 Å². The second-order valence-electron chi connectivity index (χ2n) is 3.30. The molecule has 0 saturated carbocycles. The Balaban J connectivity index is 2.18. The van der Waals surface area contributed by atoms with Crippen LogP contribution in [0.5, 0.6) is 5.75 Å². The highest BCUT2D eigenvalue weighted by Gasteiger charge is 2.37.